The molecular formula is C30H29N3O3. The van der Waals surface area contributed by atoms with E-state index in [4.69, 9.17) is 0 Å². The minimum atomic E-state index is -0.0457. The quantitative estimate of drug-likeness (QED) is 0.388. The number of nitrogens with one attached hydrogen (secondary N) is 1. The molecule has 0 amide bonds. The molecule has 1 N–H and O–H groups in total. The van der Waals surface area contributed by atoms with Crippen LogP contribution in [0, 0.1) is 20.8 Å². The maximum atomic E-state index is 11.5. The van der Waals surface area contributed by atoms with Gasteiger partial charge in [0.05, 0.1) is 0 Å². The molecule has 0 aliphatic rings. The van der Waals surface area contributed by atoms with Gasteiger partial charge in [-0.15, -0.1) is 0 Å². The lowest BCUT2D eigenvalue weighted by Crippen LogP contribution is -2.16. The van der Waals surface area contributed by atoms with E-state index in [1.807, 2.05) is 106 Å². The first-order chi connectivity index (χ1) is 17.3. The molecule has 0 unspecified atom stereocenters. The van der Waals surface area contributed by atoms with Crippen molar-refractivity contribution in [1.82, 2.24) is 14.1 Å². The molecule has 5 rings (SSSR count). The molecule has 0 spiro atoms. The van der Waals surface area contributed by atoms with E-state index >= 15 is 0 Å². The van der Waals surface area contributed by atoms with E-state index < -0.39 is 0 Å². The van der Waals surface area contributed by atoms with Crippen LogP contribution >= 0.6 is 0 Å². The zero-order valence-electron chi connectivity index (χ0n) is 20.6. The molecule has 6 nitrogen and oxygen atoms in total. The fourth-order valence-corrected chi connectivity index (χ4v) is 3.26. The third-order valence-electron chi connectivity index (χ3n) is 5.13. The molecule has 0 fully saturated rings. The first-order valence-corrected chi connectivity index (χ1v) is 11.5. The van der Waals surface area contributed by atoms with E-state index in [1.165, 1.54) is 6.07 Å². The molecule has 3 heterocycles. The first-order valence-electron chi connectivity index (χ1n) is 11.5. The zero-order chi connectivity index (χ0) is 25.9. The fourth-order valence-electron chi connectivity index (χ4n) is 3.26. The fraction of sp³-hybridized carbons (Fsp3) is 0.100. The van der Waals surface area contributed by atoms with Crippen LogP contribution in [0.25, 0.3) is 11.4 Å². The van der Waals surface area contributed by atoms with Crippen LogP contribution in [0.3, 0.4) is 0 Å². The predicted molar refractivity (Wildman–Crippen MR) is 145 cm³/mol. The Morgan fingerprint density at radius 1 is 0.500 bits per heavy atom. The van der Waals surface area contributed by atoms with Gasteiger partial charge in [-0.1, -0.05) is 54.6 Å². The van der Waals surface area contributed by atoms with Crippen LogP contribution in [-0.2, 0) is 0 Å². The van der Waals surface area contributed by atoms with Crippen molar-refractivity contribution >= 4 is 0 Å². The average molecular weight is 480 g/mol. The number of H-pyrrole nitrogens is 1. The Labute approximate surface area is 209 Å². The van der Waals surface area contributed by atoms with Crippen LogP contribution in [0.15, 0.2) is 130 Å². The molecule has 0 aliphatic heterocycles. The standard InChI is InChI=1S/2C12H11NO.C6H7NO/c2*1-10-7-8-12(14)13(9-10)11-5-3-2-4-6-11;1-5-2-3-6(8)7-4-5/h2*2-9H,1H3;2-4H,1H3,(H,7,8). The van der Waals surface area contributed by atoms with Gasteiger partial charge in [-0.2, -0.15) is 0 Å². The Balaban J connectivity index is 0.000000157. The normalized spacial score (nSPS) is 9.86. The lowest BCUT2D eigenvalue weighted by Gasteiger charge is -2.05. The van der Waals surface area contributed by atoms with Crippen molar-refractivity contribution in [3.63, 3.8) is 0 Å². The summed E-state index contributed by atoms with van der Waals surface area (Å²) in [5.74, 6) is 0. The van der Waals surface area contributed by atoms with E-state index in [9.17, 15) is 14.4 Å². The molecule has 0 saturated heterocycles. The second-order valence-corrected chi connectivity index (χ2v) is 8.23. The van der Waals surface area contributed by atoms with Crippen LogP contribution in [0.2, 0.25) is 0 Å². The molecule has 2 aromatic carbocycles. The Bertz CT molecular complexity index is 1450. The van der Waals surface area contributed by atoms with Crippen LogP contribution in [0.1, 0.15) is 16.7 Å². The van der Waals surface area contributed by atoms with E-state index in [0.717, 1.165) is 28.1 Å². The minimum Gasteiger partial charge on any atom is -0.329 e. The molecule has 0 bridgehead atoms. The van der Waals surface area contributed by atoms with Gasteiger partial charge in [0.25, 0.3) is 11.1 Å². The smallest absolute Gasteiger partial charge is 0.255 e. The van der Waals surface area contributed by atoms with Crippen LogP contribution in [0.5, 0.6) is 0 Å². The Morgan fingerprint density at radius 2 is 0.917 bits per heavy atom. The number of aromatic nitrogens is 3. The highest BCUT2D eigenvalue weighted by molar-refractivity contribution is 5.33. The molecule has 0 saturated carbocycles. The van der Waals surface area contributed by atoms with Crippen molar-refractivity contribution in [2.75, 3.05) is 0 Å². The lowest BCUT2D eigenvalue weighted by molar-refractivity contribution is 0.976. The molecule has 0 atom stereocenters. The van der Waals surface area contributed by atoms with Gasteiger partial charge in [0.15, 0.2) is 0 Å². The molecule has 3 aromatic heterocycles. The van der Waals surface area contributed by atoms with Crippen molar-refractivity contribution < 1.29 is 0 Å². The second-order valence-electron chi connectivity index (χ2n) is 8.23. The average Bonchev–Trinajstić information content (AvgIpc) is 2.90. The molecule has 6 heteroatoms. The predicted octanol–water partition coefficient (Wildman–Crippen LogP) is 4.98. The van der Waals surface area contributed by atoms with E-state index in [0.29, 0.717) is 0 Å². The van der Waals surface area contributed by atoms with Gasteiger partial charge in [-0.05, 0) is 61.7 Å². The number of aromatic amines is 1. The topological polar surface area (TPSA) is 76.9 Å². The highest BCUT2D eigenvalue weighted by atomic mass is 16.1. The third-order valence-corrected chi connectivity index (χ3v) is 5.13. The van der Waals surface area contributed by atoms with E-state index in [-0.39, 0.29) is 16.7 Å². The number of hydrogen-bond acceptors (Lipinski definition) is 3. The third kappa shape index (κ3) is 7.67. The van der Waals surface area contributed by atoms with Gasteiger partial charge in [0.2, 0.25) is 5.56 Å². The molecular weight excluding hydrogens is 450 g/mol. The zero-order valence-corrected chi connectivity index (χ0v) is 20.6. The van der Waals surface area contributed by atoms with Gasteiger partial charge in [0, 0.05) is 48.2 Å². The van der Waals surface area contributed by atoms with Gasteiger partial charge < -0.3 is 4.98 Å². The van der Waals surface area contributed by atoms with Crippen molar-refractivity contribution in [3.8, 4) is 11.4 Å². The highest BCUT2D eigenvalue weighted by Gasteiger charge is 1.98. The minimum absolute atomic E-state index is 0.00167. The SMILES string of the molecule is Cc1ccc(=O)[nH]c1.Cc1ccc(=O)n(-c2ccccc2)c1.Cc1ccc(=O)n(-c2ccccc2)c1. The summed E-state index contributed by atoms with van der Waals surface area (Å²) in [4.78, 5) is 36.0. The maximum absolute atomic E-state index is 11.5. The summed E-state index contributed by atoms with van der Waals surface area (Å²) < 4.78 is 3.30. The number of hydrogen-bond donors (Lipinski definition) is 1. The Morgan fingerprint density at radius 3 is 1.28 bits per heavy atom. The summed E-state index contributed by atoms with van der Waals surface area (Å²) in [7, 11) is 0. The van der Waals surface area contributed by atoms with Gasteiger partial charge in [-0.25, -0.2) is 0 Å². The number of para-hydroxylation sites is 2. The first kappa shape index (κ1) is 25.9. The van der Waals surface area contributed by atoms with Crippen LogP contribution < -0.4 is 16.7 Å². The highest BCUT2D eigenvalue weighted by Crippen LogP contribution is 2.05. The lowest BCUT2D eigenvalue weighted by atomic mass is 10.3. The monoisotopic (exact) mass is 479 g/mol. The number of aryl methyl sites for hydroxylation is 3. The van der Waals surface area contributed by atoms with Crippen LogP contribution in [-0.4, -0.2) is 14.1 Å². The number of benzene rings is 2. The van der Waals surface area contributed by atoms with E-state index in [1.54, 1.807) is 33.5 Å². The molecule has 0 radical (unpaired) electrons. The summed E-state index contributed by atoms with van der Waals surface area (Å²) in [6.07, 6.45) is 5.37. The second kappa shape index (κ2) is 12.7. The number of nitrogens with zero attached hydrogens (tertiary/aromatic N) is 2. The van der Waals surface area contributed by atoms with Crippen molar-refractivity contribution in [1.29, 1.82) is 0 Å². The Hall–Kier alpha value is -4.71. The van der Waals surface area contributed by atoms with Gasteiger partial charge in [0.1, 0.15) is 0 Å². The maximum Gasteiger partial charge on any atom is 0.255 e. The summed E-state index contributed by atoms with van der Waals surface area (Å²) in [6, 6.07) is 29.3. The molecule has 0 aliphatic carbocycles. The summed E-state index contributed by atoms with van der Waals surface area (Å²) in [5, 5.41) is 0. The number of pyridine rings is 3. The van der Waals surface area contributed by atoms with Crippen molar-refractivity contribution in [2.24, 2.45) is 0 Å². The van der Waals surface area contributed by atoms with Crippen molar-refractivity contribution in [2.45, 2.75) is 20.8 Å². The van der Waals surface area contributed by atoms with Crippen LogP contribution in [0.4, 0.5) is 0 Å². The largest absolute Gasteiger partial charge is 0.329 e. The number of rotatable bonds is 2. The molecule has 5 aromatic rings. The van der Waals surface area contributed by atoms with E-state index in [2.05, 4.69) is 4.98 Å². The summed E-state index contributed by atoms with van der Waals surface area (Å²) in [6.45, 7) is 5.87. The summed E-state index contributed by atoms with van der Waals surface area (Å²) in [5.41, 5.74) is 4.99. The Kier molecular flexibility index (Phi) is 9.12. The molecule has 36 heavy (non-hydrogen) atoms. The van der Waals surface area contributed by atoms with Crippen molar-refractivity contribution in [3.05, 3.63) is 163 Å². The molecule has 182 valence electrons. The summed E-state index contributed by atoms with van der Waals surface area (Å²) >= 11 is 0. The van der Waals surface area contributed by atoms with Gasteiger partial charge in [-0.3, -0.25) is 23.5 Å². The van der Waals surface area contributed by atoms with Gasteiger partial charge >= 0.3 is 0 Å².